The van der Waals surface area contributed by atoms with Crippen LogP contribution in [0.4, 0.5) is 0 Å². The van der Waals surface area contributed by atoms with Crippen LogP contribution in [-0.2, 0) is 11.2 Å². The fraction of sp³-hybridized carbons (Fsp3) is 0.562. The molecule has 1 aromatic carbocycles. The predicted molar refractivity (Wildman–Crippen MR) is 83.0 cm³/mol. The van der Waals surface area contributed by atoms with Gasteiger partial charge in [-0.05, 0) is 44.4 Å². The van der Waals surface area contributed by atoms with Gasteiger partial charge in [0.25, 0.3) is 0 Å². The molecule has 0 bridgehead atoms. The summed E-state index contributed by atoms with van der Waals surface area (Å²) in [4.78, 5) is 14.5. The number of carbonyl (C=O) groups is 1. The van der Waals surface area contributed by atoms with Crippen LogP contribution < -0.4 is 5.32 Å². The van der Waals surface area contributed by atoms with Gasteiger partial charge in [0.1, 0.15) is 0 Å². The highest BCUT2D eigenvalue weighted by Crippen LogP contribution is 2.14. The van der Waals surface area contributed by atoms with Crippen LogP contribution in [0.15, 0.2) is 24.3 Å². The first-order valence-corrected chi connectivity index (χ1v) is 7.70. The summed E-state index contributed by atoms with van der Waals surface area (Å²) in [7, 11) is 0. The molecule has 1 amide bonds. The molecule has 1 aliphatic rings. The van der Waals surface area contributed by atoms with Gasteiger partial charge in [0.15, 0.2) is 0 Å². The van der Waals surface area contributed by atoms with Gasteiger partial charge in [-0.2, -0.15) is 0 Å². The van der Waals surface area contributed by atoms with E-state index < -0.39 is 0 Å². The molecule has 0 aromatic heterocycles. The monoisotopic (exact) mass is 294 g/mol. The van der Waals surface area contributed by atoms with Crippen molar-refractivity contribution in [1.29, 1.82) is 0 Å². The topological polar surface area (TPSA) is 32.3 Å². The highest BCUT2D eigenvalue weighted by molar-refractivity contribution is 6.30. The molecule has 1 heterocycles. The van der Waals surface area contributed by atoms with E-state index in [0.717, 1.165) is 31.5 Å². The maximum Gasteiger partial charge on any atom is 0.224 e. The third-order valence-corrected chi connectivity index (χ3v) is 4.15. The van der Waals surface area contributed by atoms with Gasteiger partial charge in [-0.1, -0.05) is 23.7 Å². The number of likely N-dealkylation sites (tertiary alicyclic amines) is 1. The van der Waals surface area contributed by atoms with Crippen molar-refractivity contribution < 1.29 is 4.79 Å². The number of nitrogens with zero attached hydrogens (tertiary/aromatic N) is 1. The predicted octanol–water partition coefficient (Wildman–Crippen LogP) is 2.87. The first-order chi connectivity index (χ1) is 9.54. The molecule has 0 aliphatic carbocycles. The summed E-state index contributed by atoms with van der Waals surface area (Å²) >= 11 is 5.84. The lowest BCUT2D eigenvalue weighted by molar-refractivity contribution is -0.121. The molecule has 2 rings (SSSR count). The van der Waals surface area contributed by atoms with Crippen molar-refractivity contribution in [3.8, 4) is 0 Å². The van der Waals surface area contributed by atoms with Crippen LogP contribution in [0.2, 0.25) is 5.02 Å². The summed E-state index contributed by atoms with van der Waals surface area (Å²) in [5.74, 6) is 0.107. The second-order valence-electron chi connectivity index (χ2n) is 5.77. The fourth-order valence-corrected chi connectivity index (χ4v) is 2.75. The Labute approximate surface area is 126 Å². The molecular weight excluding hydrogens is 272 g/mol. The molecule has 1 aromatic rings. The lowest BCUT2D eigenvalue weighted by Gasteiger charge is -2.34. The molecule has 0 spiro atoms. The summed E-state index contributed by atoms with van der Waals surface area (Å²) < 4.78 is 0. The Morgan fingerprint density at radius 1 is 1.30 bits per heavy atom. The van der Waals surface area contributed by atoms with E-state index >= 15 is 0 Å². The first-order valence-electron chi connectivity index (χ1n) is 7.32. The molecule has 3 nitrogen and oxygen atoms in total. The van der Waals surface area contributed by atoms with Gasteiger partial charge >= 0.3 is 0 Å². The van der Waals surface area contributed by atoms with Gasteiger partial charge < -0.3 is 10.2 Å². The minimum absolute atomic E-state index is 0.107. The van der Waals surface area contributed by atoms with Gasteiger partial charge in [-0.3, -0.25) is 4.79 Å². The van der Waals surface area contributed by atoms with E-state index in [4.69, 9.17) is 11.6 Å². The van der Waals surface area contributed by atoms with Crippen molar-refractivity contribution in [2.45, 2.75) is 45.2 Å². The zero-order chi connectivity index (χ0) is 14.5. The van der Waals surface area contributed by atoms with Gasteiger partial charge in [-0.15, -0.1) is 0 Å². The summed E-state index contributed by atoms with van der Waals surface area (Å²) in [5.41, 5.74) is 1.01. The SMILES string of the molecule is CC(C)N1CCC(NC(=O)Cc2ccc(Cl)cc2)CC1. The molecule has 0 atom stereocenters. The van der Waals surface area contributed by atoms with E-state index in [2.05, 4.69) is 24.1 Å². The van der Waals surface area contributed by atoms with Crippen molar-refractivity contribution in [3.05, 3.63) is 34.9 Å². The fourth-order valence-electron chi connectivity index (χ4n) is 2.63. The van der Waals surface area contributed by atoms with Crippen LogP contribution >= 0.6 is 11.6 Å². The van der Waals surface area contributed by atoms with Crippen molar-refractivity contribution in [2.75, 3.05) is 13.1 Å². The van der Waals surface area contributed by atoms with Crippen LogP contribution in [0, 0.1) is 0 Å². The average Bonchev–Trinajstić information content (AvgIpc) is 2.42. The number of rotatable bonds is 4. The van der Waals surface area contributed by atoms with Crippen LogP contribution in [0.5, 0.6) is 0 Å². The van der Waals surface area contributed by atoms with Gasteiger partial charge in [0, 0.05) is 30.2 Å². The Morgan fingerprint density at radius 3 is 2.45 bits per heavy atom. The summed E-state index contributed by atoms with van der Waals surface area (Å²) in [6.07, 6.45) is 2.52. The van der Waals surface area contributed by atoms with Crippen molar-refractivity contribution in [2.24, 2.45) is 0 Å². The molecule has 0 unspecified atom stereocenters. The third kappa shape index (κ3) is 4.50. The molecule has 1 fully saturated rings. The average molecular weight is 295 g/mol. The standard InChI is InChI=1S/C16H23ClN2O/c1-12(2)19-9-7-15(8-10-19)18-16(20)11-13-3-5-14(17)6-4-13/h3-6,12,15H,7-11H2,1-2H3,(H,18,20). The maximum atomic E-state index is 12.0. The molecule has 0 saturated carbocycles. The van der Waals surface area contributed by atoms with E-state index in [1.54, 1.807) is 0 Å². The van der Waals surface area contributed by atoms with E-state index in [9.17, 15) is 4.79 Å². The number of carbonyl (C=O) groups excluding carboxylic acids is 1. The van der Waals surface area contributed by atoms with Crippen molar-refractivity contribution >= 4 is 17.5 Å². The molecule has 4 heteroatoms. The van der Waals surface area contributed by atoms with E-state index in [1.807, 2.05) is 24.3 Å². The summed E-state index contributed by atoms with van der Waals surface area (Å²) in [6, 6.07) is 8.38. The zero-order valence-corrected chi connectivity index (χ0v) is 13.0. The number of hydrogen-bond acceptors (Lipinski definition) is 2. The lowest BCUT2D eigenvalue weighted by Crippen LogP contribution is -2.46. The second-order valence-corrected chi connectivity index (χ2v) is 6.21. The molecule has 0 radical (unpaired) electrons. The first kappa shape index (κ1) is 15.3. The third-order valence-electron chi connectivity index (χ3n) is 3.90. The van der Waals surface area contributed by atoms with Gasteiger partial charge in [0.05, 0.1) is 6.42 Å². The minimum Gasteiger partial charge on any atom is -0.353 e. The smallest absolute Gasteiger partial charge is 0.224 e. The molecular formula is C16H23ClN2O. The number of nitrogens with one attached hydrogen (secondary N) is 1. The van der Waals surface area contributed by atoms with E-state index in [-0.39, 0.29) is 5.91 Å². The number of halogens is 1. The van der Waals surface area contributed by atoms with Crippen molar-refractivity contribution in [3.63, 3.8) is 0 Å². The van der Waals surface area contributed by atoms with Gasteiger partial charge in [0.2, 0.25) is 5.91 Å². The second kappa shape index (κ2) is 7.09. The zero-order valence-electron chi connectivity index (χ0n) is 12.2. The Kier molecular flexibility index (Phi) is 5.44. The number of piperidine rings is 1. The number of amides is 1. The highest BCUT2D eigenvalue weighted by Gasteiger charge is 2.21. The summed E-state index contributed by atoms with van der Waals surface area (Å²) in [6.45, 7) is 6.59. The maximum absolute atomic E-state index is 12.0. The molecule has 110 valence electrons. The quantitative estimate of drug-likeness (QED) is 0.926. The van der Waals surface area contributed by atoms with Crippen molar-refractivity contribution in [1.82, 2.24) is 10.2 Å². The Bertz CT molecular complexity index is 436. The van der Waals surface area contributed by atoms with Crippen LogP contribution in [0.1, 0.15) is 32.3 Å². The lowest BCUT2D eigenvalue weighted by atomic mass is 10.0. The normalized spacial score (nSPS) is 17.4. The number of benzene rings is 1. The largest absolute Gasteiger partial charge is 0.353 e. The van der Waals surface area contributed by atoms with Crippen LogP contribution in [0.3, 0.4) is 0 Å². The molecule has 1 aliphatic heterocycles. The van der Waals surface area contributed by atoms with Gasteiger partial charge in [-0.25, -0.2) is 0 Å². The molecule has 1 N–H and O–H groups in total. The summed E-state index contributed by atoms with van der Waals surface area (Å²) in [5, 5.41) is 3.85. The Hall–Kier alpha value is -1.06. The number of hydrogen-bond donors (Lipinski definition) is 1. The molecule has 1 saturated heterocycles. The van der Waals surface area contributed by atoms with Crippen LogP contribution in [0.25, 0.3) is 0 Å². The van der Waals surface area contributed by atoms with E-state index in [0.29, 0.717) is 23.5 Å². The Balaban J connectivity index is 1.77. The van der Waals surface area contributed by atoms with Crippen LogP contribution in [-0.4, -0.2) is 36.0 Å². The van der Waals surface area contributed by atoms with E-state index in [1.165, 1.54) is 0 Å². The molecule has 20 heavy (non-hydrogen) atoms. The Morgan fingerprint density at radius 2 is 1.90 bits per heavy atom. The highest BCUT2D eigenvalue weighted by atomic mass is 35.5. The minimum atomic E-state index is 0.107.